The van der Waals surface area contributed by atoms with Crippen molar-refractivity contribution in [1.82, 2.24) is 9.78 Å². The van der Waals surface area contributed by atoms with Gasteiger partial charge in [0, 0.05) is 15.6 Å². The molecule has 0 saturated heterocycles. The van der Waals surface area contributed by atoms with E-state index in [1.807, 2.05) is 13.8 Å². The minimum absolute atomic E-state index is 0.282. The van der Waals surface area contributed by atoms with Crippen LogP contribution in [0.4, 0.5) is 5.69 Å². The van der Waals surface area contributed by atoms with Crippen molar-refractivity contribution in [3.8, 4) is 17.2 Å². The van der Waals surface area contributed by atoms with Crippen LogP contribution >= 0.6 is 23.2 Å². The van der Waals surface area contributed by atoms with Crippen molar-refractivity contribution in [2.24, 2.45) is 0 Å². The maximum atomic E-state index is 13.1. The predicted molar refractivity (Wildman–Crippen MR) is 121 cm³/mol. The minimum Gasteiger partial charge on any atom is -0.493 e. The van der Waals surface area contributed by atoms with Crippen LogP contribution in [0.5, 0.6) is 17.2 Å². The van der Waals surface area contributed by atoms with Crippen LogP contribution in [0, 0.1) is 13.8 Å². The molecular formula is C22H23Cl2N3O4. The average molecular weight is 464 g/mol. The van der Waals surface area contributed by atoms with E-state index in [1.165, 1.54) is 21.3 Å². The molecule has 2 aromatic carbocycles. The van der Waals surface area contributed by atoms with Gasteiger partial charge in [-0.25, -0.2) is 0 Å². The van der Waals surface area contributed by atoms with Gasteiger partial charge in [0.25, 0.3) is 5.91 Å². The highest BCUT2D eigenvalue weighted by molar-refractivity contribution is 6.36. The van der Waals surface area contributed by atoms with Crippen LogP contribution < -0.4 is 19.5 Å². The summed E-state index contributed by atoms with van der Waals surface area (Å²) in [5, 5.41) is 8.59. The third-order valence-electron chi connectivity index (χ3n) is 4.94. The zero-order valence-electron chi connectivity index (χ0n) is 17.9. The van der Waals surface area contributed by atoms with Crippen molar-refractivity contribution in [3.05, 3.63) is 62.9 Å². The fourth-order valence-electron chi connectivity index (χ4n) is 3.33. The first-order valence-electron chi connectivity index (χ1n) is 9.39. The van der Waals surface area contributed by atoms with Gasteiger partial charge in [-0.2, -0.15) is 5.10 Å². The van der Waals surface area contributed by atoms with E-state index in [-0.39, 0.29) is 11.7 Å². The highest BCUT2D eigenvalue weighted by atomic mass is 35.5. The second kappa shape index (κ2) is 9.49. The Bertz CT molecular complexity index is 1110. The Kier molecular flexibility index (Phi) is 6.97. The molecule has 164 valence electrons. The zero-order valence-corrected chi connectivity index (χ0v) is 19.4. The Morgan fingerprint density at radius 3 is 2.23 bits per heavy atom. The summed E-state index contributed by atoms with van der Waals surface area (Å²) in [6.45, 7) is 4.06. The first-order chi connectivity index (χ1) is 14.8. The first kappa shape index (κ1) is 22.8. The summed E-state index contributed by atoms with van der Waals surface area (Å²) in [5.74, 6) is 0.729. The lowest BCUT2D eigenvalue weighted by Crippen LogP contribution is -2.15. The topological polar surface area (TPSA) is 74.6 Å². The number of halogens is 2. The molecule has 1 N–H and O–H groups in total. The van der Waals surface area contributed by atoms with Gasteiger partial charge in [0.2, 0.25) is 5.75 Å². The van der Waals surface area contributed by atoms with Crippen molar-refractivity contribution < 1.29 is 19.0 Å². The van der Waals surface area contributed by atoms with E-state index in [4.69, 9.17) is 37.4 Å². The number of hydrogen-bond donors (Lipinski definition) is 1. The molecule has 0 unspecified atom stereocenters. The molecule has 3 rings (SSSR count). The molecule has 0 spiro atoms. The Morgan fingerprint density at radius 2 is 1.65 bits per heavy atom. The van der Waals surface area contributed by atoms with Crippen molar-refractivity contribution in [2.75, 3.05) is 26.6 Å². The SMILES string of the molecule is COc1ccc(C(=O)Nc2c(C)nn(Cc3c(Cl)cccc3Cl)c2C)c(OC)c1OC. The van der Waals surface area contributed by atoms with Gasteiger partial charge >= 0.3 is 0 Å². The van der Waals surface area contributed by atoms with Crippen LogP contribution in [0.3, 0.4) is 0 Å². The third-order valence-corrected chi connectivity index (χ3v) is 5.65. The number of carbonyl (C=O) groups excluding carboxylic acids is 1. The summed E-state index contributed by atoms with van der Waals surface area (Å²) in [6.07, 6.45) is 0. The van der Waals surface area contributed by atoms with Gasteiger partial charge in [-0.15, -0.1) is 0 Å². The Morgan fingerprint density at radius 1 is 1.00 bits per heavy atom. The van der Waals surface area contributed by atoms with Crippen LogP contribution in [-0.4, -0.2) is 37.0 Å². The number of anilines is 1. The number of methoxy groups -OCH3 is 3. The maximum absolute atomic E-state index is 13.1. The summed E-state index contributed by atoms with van der Waals surface area (Å²) in [4.78, 5) is 13.1. The average Bonchev–Trinajstić information content (AvgIpc) is 3.02. The highest BCUT2D eigenvalue weighted by Gasteiger charge is 2.23. The standard InChI is InChI=1S/C22H23Cl2N3O4/c1-12-19(13(2)27(26-12)11-15-16(23)7-6-8-17(15)24)25-22(28)14-9-10-18(29-3)21(31-5)20(14)30-4/h6-10H,11H2,1-5H3,(H,25,28). The van der Waals surface area contributed by atoms with Gasteiger partial charge in [0.05, 0.1) is 50.5 Å². The lowest BCUT2D eigenvalue weighted by atomic mass is 10.1. The third kappa shape index (κ3) is 4.43. The number of hydrogen-bond acceptors (Lipinski definition) is 5. The lowest BCUT2D eigenvalue weighted by Gasteiger charge is -2.15. The fourth-order valence-corrected chi connectivity index (χ4v) is 3.84. The van der Waals surface area contributed by atoms with Crippen molar-refractivity contribution in [2.45, 2.75) is 20.4 Å². The molecule has 31 heavy (non-hydrogen) atoms. The number of nitrogens with zero attached hydrogens (tertiary/aromatic N) is 2. The number of carbonyl (C=O) groups is 1. The van der Waals surface area contributed by atoms with Gasteiger partial charge in [0.15, 0.2) is 11.5 Å². The van der Waals surface area contributed by atoms with E-state index in [0.717, 1.165) is 11.3 Å². The summed E-state index contributed by atoms with van der Waals surface area (Å²) in [5.41, 5.74) is 3.09. The number of benzene rings is 2. The van der Waals surface area contributed by atoms with Crippen LogP contribution in [0.2, 0.25) is 10.0 Å². The molecule has 0 aliphatic rings. The molecule has 0 radical (unpaired) electrons. The molecular weight excluding hydrogens is 441 g/mol. The molecule has 0 atom stereocenters. The number of aromatic nitrogens is 2. The van der Waals surface area contributed by atoms with E-state index >= 15 is 0 Å². The molecule has 7 nitrogen and oxygen atoms in total. The fraction of sp³-hybridized carbons (Fsp3) is 0.273. The van der Waals surface area contributed by atoms with Gasteiger partial charge in [-0.05, 0) is 38.1 Å². The second-order valence-electron chi connectivity index (χ2n) is 6.74. The Labute approximate surface area is 190 Å². The maximum Gasteiger partial charge on any atom is 0.259 e. The monoisotopic (exact) mass is 463 g/mol. The van der Waals surface area contributed by atoms with Crippen molar-refractivity contribution >= 4 is 34.8 Å². The summed E-state index contributed by atoms with van der Waals surface area (Å²) >= 11 is 12.6. The van der Waals surface area contributed by atoms with Crippen molar-refractivity contribution in [3.63, 3.8) is 0 Å². The second-order valence-corrected chi connectivity index (χ2v) is 7.55. The molecule has 0 aliphatic carbocycles. The molecule has 0 bridgehead atoms. The Balaban J connectivity index is 1.93. The highest BCUT2D eigenvalue weighted by Crippen LogP contribution is 2.40. The quantitative estimate of drug-likeness (QED) is 0.525. The summed E-state index contributed by atoms with van der Waals surface area (Å²) < 4.78 is 17.8. The van der Waals surface area contributed by atoms with Gasteiger partial charge < -0.3 is 19.5 Å². The normalized spacial score (nSPS) is 10.7. The number of nitrogens with one attached hydrogen (secondary N) is 1. The molecule has 1 heterocycles. The van der Waals surface area contributed by atoms with Gasteiger partial charge in [-0.3, -0.25) is 9.48 Å². The molecule has 0 saturated carbocycles. The molecule has 1 aromatic heterocycles. The molecule has 0 fully saturated rings. The lowest BCUT2D eigenvalue weighted by molar-refractivity contribution is 0.102. The van der Waals surface area contributed by atoms with Crippen LogP contribution in [0.15, 0.2) is 30.3 Å². The van der Waals surface area contributed by atoms with E-state index in [1.54, 1.807) is 35.0 Å². The summed E-state index contributed by atoms with van der Waals surface area (Å²) in [6, 6.07) is 8.62. The van der Waals surface area contributed by atoms with Crippen molar-refractivity contribution in [1.29, 1.82) is 0 Å². The van der Waals surface area contributed by atoms with E-state index in [0.29, 0.717) is 45.0 Å². The van der Waals surface area contributed by atoms with Crippen LogP contribution in [0.25, 0.3) is 0 Å². The van der Waals surface area contributed by atoms with Crippen LogP contribution in [0.1, 0.15) is 27.3 Å². The number of amides is 1. The number of aryl methyl sites for hydroxylation is 1. The molecule has 9 heteroatoms. The molecule has 0 aliphatic heterocycles. The number of rotatable bonds is 7. The van der Waals surface area contributed by atoms with E-state index in [2.05, 4.69) is 10.4 Å². The predicted octanol–water partition coefficient (Wildman–Crippen LogP) is 5.13. The zero-order chi connectivity index (χ0) is 22.7. The largest absolute Gasteiger partial charge is 0.493 e. The number of ether oxygens (including phenoxy) is 3. The minimum atomic E-state index is -0.362. The first-order valence-corrected chi connectivity index (χ1v) is 10.1. The van der Waals surface area contributed by atoms with Gasteiger partial charge in [-0.1, -0.05) is 29.3 Å². The molecule has 3 aromatic rings. The van der Waals surface area contributed by atoms with Crippen LogP contribution in [-0.2, 0) is 6.54 Å². The Hall–Kier alpha value is -2.90. The smallest absolute Gasteiger partial charge is 0.259 e. The van der Waals surface area contributed by atoms with E-state index in [9.17, 15) is 4.79 Å². The van der Waals surface area contributed by atoms with Gasteiger partial charge in [0.1, 0.15) is 0 Å². The molecule has 1 amide bonds. The summed E-state index contributed by atoms with van der Waals surface area (Å²) in [7, 11) is 4.47. The van der Waals surface area contributed by atoms with E-state index < -0.39 is 0 Å².